The standard InChI is InChI=1S/C13H17N3O3S/c1-13(2,8-17)15-10(18)3-4-11-14-12(16-19-11)9-5-6-20-7-9/h5-7,17H,3-4,8H2,1-2H3,(H,15,18). The second-order valence-corrected chi connectivity index (χ2v) is 5.89. The molecule has 108 valence electrons. The van der Waals surface area contributed by atoms with E-state index in [0.29, 0.717) is 18.1 Å². The average Bonchev–Trinajstić information content (AvgIpc) is 3.06. The van der Waals surface area contributed by atoms with Gasteiger partial charge in [-0.3, -0.25) is 4.79 Å². The Bertz CT molecular complexity index is 563. The molecule has 0 spiro atoms. The maximum Gasteiger partial charge on any atom is 0.227 e. The molecule has 2 aromatic heterocycles. The molecule has 0 bridgehead atoms. The Morgan fingerprint density at radius 1 is 1.55 bits per heavy atom. The van der Waals surface area contributed by atoms with E-state index < -0.39 is 5.54 Å². The van der Waals surface area contributed by atoms with Crippen molar-refractivity contribution in [1.29, 1.82) is 0 Å². The normalized spacial score (nSPS) is 11.6. The van der Waals surface area contributed by atoms with Crippen LogP contribution in [0.1, 0.15) is 26.2 Å². The predicted octanol–water partition coefficient (Wildman–Crippen LogP) is 1.62. The van der Waals surface area contributed by atoms with Crippen molar-refractivity contribution in [3.05, 3.63) is 22.7 Å². The van der Waals surface area contributed by atoms with E-state index >= 15 is 0 Å². The largest absolute Gasteiger partial charge is 0.394 e. The number of carbonyl (C=O) groups is 1. The first kappa shape index (κ1) is 14.7. The number of rotatable bonds is 6. The van der Waals surface area contributed by atoms with Gasteiger partial charge in [-0.15, -0.1) is 0 Å². The lowest BCUT2D eigenvalue weighted by Gasteiger charge is -2.23. The highest BCUT2D eigenvalue weighted by atomic mass is 32.1. The first-order valence-electron chi connectivity index (χ1n) is 6.27. The molecule has 2 N–H and O–H groups in total. The first-order valence-corrected chi connectivity index (χ1v) is 7.21. The third-order valence-corrected chi connectivity index (χ3v) is 3.37. The number of aryl methyl sites for hydroxylation is 1. The van der Waals surface area contributed by atoms with Gasteiger partial charge in [0.1, 0.15) is 0 Å². The van der Waals surface area contributed by atoms with E-state index in [-0.39, 0.29) is 18.9 Å². The van der Waals surface area contributed by atoms with Gasteiger partial charge >= 0.3 is 0 Å². The van der Waals surface area contributed by atoms with Crippen molar-refractivity contribution in [1.82, 2.24) is 15.5 Å². The zero-order chi connectivity index (χ0) is 14.6. The topological polar surface area (TPSA) is 88.2 Å². The summed E-state index contributed by atoms with van der Waals surface area (Å²) < 4.78 is 5.11. The van der Waals surface area contributed by atoms with Crippen molar-refractivity contribution in [2.75, 3.05) is 6.61 Å². The quantitative estimate of drug-likeness (QED) is 0.845. The van der Waals surface area contributed by atoms with Crippen molar-refractivity contribution >= 4 is 17.2 Å². The number of aromatic nitrogens is 2. The molecule has 6 nitrogen and oxygen atoms in total. The maximum absolute atomic E-state index is 11.7. The Labute approximate surface area is 120 Å². The van der Waals surface area contributed by atoms with E-state index in [2.05, 4.69) is 15.5 Å². The average molecular weight is 295 g/mol. The predicted molar refractivity (Wildman–Crippen MR) is 75.2 cm³/mol. The molecule has 0 aromatic carbocycles. The second-order valence-electron chi connectivity index (χ2n) is 5.11. The summed E-state index contributed by atoms with van der Waals surface area (Å²) in [7, 11) is 0. The lowest BCUT2D eigenvalue weighted by Crippen LogP contribution is -2.46. The van der Waals surface area contributed by atoms with Crippen LogP contribution in [0.4, 0.5) is 0 Å². The van der Waals surface area contributed by atoms with Crippen molar-refractivity contribution in [3.63, 3.8) is 0 Å². The Morgan fingerprint density at radius 2 is 2.35 bits per heavy atom. The van der Waals surface area contributed by atoms with E-state index in [0.717, 1.165) is 5.56 Å². The van der Waals surface area contributed by atoms with Gasteiger partial charge in [0.15, 0.2) is 0 Å². The molecule has 0 atom stereocenters. The summed E-state index contributed by atoms with van der Waals surface area (Å²) in [6.45, 7) is 3.40. The lowest BCUT2D eigenvalue weighted by atomic mass is 10.1. The lowest BCUT2D eigenvalue weighted by molar-refractivity contribution is -0.123. The molecular formula is C13H17N3O3S. The molecular weight excluding hydrogens is 278 g/mol. The van der Waals surface area contributed by atoms with Gasteiger partial charge in [0.2, 0.25) is 17.6 Å². The zero-order valence-corrected chi connectivity index (χ0v) is 12.2. The molecule has 2 aromatic rings. The third-order valence-electron chi connectivity index (χ3n) is 2.69. The fourth-order valence-electron chi connectivity index (χ4n) is 1.57. The summed E-state index contributed by atoms with van der Waals surface area (Å²) in [6.07, 6.45) is 0.624. The molecule has 0 radical (unpaired) electrons. The van der Waals surface area contributed by atoms with Gasteiger partial charge in [0.05, 0.1) is 12.1 Å². The third kappa shape index (κ3) is 3.88. The molecule has 7 heteroatoms. The molecule has 2 rings (SSSR count). The molecule has 0 aliphatic rings. The number of aliphatic hydroxyl groups is 1. The van der Waals surface area contributed by atoms with E-state index in [9.17, 15) is 4.79 Å². The molecule has 0 aliphatic carbocycles. The molecule has 1 amide bonds. The number of nitrogens with zero attached hydrogens (tertiary/aromatic N) is 2. The van der Waals surface area contributed by atoms with E-state index in [1.165, 1.54) is 0 Å². The highest BCUT2D eigenvalue weighted by molar-refractivity contribution is 7.08. The highest BCUT2D eigenvalue weighted by Crippen LogP contribution is 2.18. The molecule has 0 unspecified atom stereocenters. The molecule has 20 heavy (non-hydrogen) atoms. The van der Waals surface area contributed by atoms with Crippen LogP contribution in [-0.2, 0) is 11.2 Å². The van der Waals surface area contributed by atoms with Gasteiger partial charge in [0.25, 0.3) is 0 Å². The summed E-state index contributed by atoms with van der Waals surface area (Å²) in [5.41, 5.74) is 0.296. The Morgan fingerprint density at radius 3 is 3.00 bits per heavy atom. The van der Waals surface area contributed by atoms with Crippen LogP contribution >= 0.6 is 11.3 Å². The Balaban J connectivity index is 1.87. The van der Waals surface area contributed by atoms with Gasteiger partial charge in [-0.1, -0.05) is 5.16 Å². The number of amides is 1. The highest BCUT2D eigenvalue weighted by Gasteiger charge is 2.19. The van der Waals surface area contributed by atoms with Crippen LogP contribution < -0.4 is 5.32 Å². The van der Waals surface area contributed by atoms with Crippen molar-refractivity contribution in [2.24, 2.45) is 0 Å². The first-order chi connectivity index (χ1) is 9.50. The Hall–Kier alpha value is -1.73. The minimum atomic E-state index is -0.617. The molecule has 0 saturated carbocycles. The molecule has 2 heterocycles. The summed E-state index contributed by atoms with van der Waals surface area (Å²) in [5, 5.41) is 19.6. The zero-order valence-electron chi connectivity index (χ0n) is 11.4. The number of nitrogens with one attached hydrogen (secondary N) is 1. The van der Waals surface area contributed by atoms with Crippen LogP contribution in [0.5, 0.6) is 0 Å². The monoisotopic (exact) mass is 295 g/mol. The summed E-state index contributed by atoms with van der Waals surface area (Å²) in [6, 6.07) is 1.91. The minimum Gasteiger partial charge on any atom is -0.394 e. The maximum atomic E-state index is 11.7. The smallest absolute Gasteiger partial charge is 0.227 e. The van der Waals surface area contributed by atoms with Crippen molar-refractivity contribution in [2.45, 2.75) is 32.2 Å². The van der Waals surface area contributed by atoms with Gasteiger partial charge in [-0.2, -0.15) is 16.3 Å². The van der Waals surface area contributed by atoms with Crippen molar-refractivity contribution < 1.29 is 14.4 Å². The van der Waals surface area contributed by atoms with Crippen LogP contribution in [0, 0.1) is 0 Å². The van der Waals surface area contributed by atoms with Gasteiger partial charge in [-0.25, -0.2) is 0 Å². The summed E-state index contributed by atoms with van der Waals surface area (Å²) >= 11 is 1.56. The number of thiophene rings is 1. The van der Waals surface area contributed by atoms with E-state index in [1.54, 1.807) is 25.2 Å². The van der Waals surface area contributed by atoms with E-state index in [1.807, 2.05) is 16.8 Å². The minimum absolute atomic E-state index is 0.110. The summed E-state index contributed by atoms with van der Waals surface area (Å²) in [5.74, 6) is 0.819. The van der Waals surface area contributed by atoms with Crippen LogP contribution in [0.2, 0.25) is 0 Å². The fourth-order valence-corrected chi connectivity index (χ4v) is 2.20. The fraction of sp³-hybridized carbons (Fsp3) is 0.462. The molecule has 0 aliphatic heterocycles. The number of carbonyl (C=O) groups excluding carboxylic acids is 1. The number of aliphatic hydroxyl groups excluding tert-OH is 1. The second kappa shape index (κ2) is 6.15. The molecule has 0 fully saturated rings. The van der Waals surface area contributed by atoms with Crippen LogP contribution in [0.3, 0.4) is 0 Å². The molecule has 0 saturated heterocycles. The Kier molecular flexibility index (Phi) is 4.51. The van der Waals surface area contributed by atoms with Crippen LogP contribution in [-0.4, -0.2) is 33.3 Å². The van der Waals surface area contributed by atoms with Crippen LogP contribution in [0.15, 0.2) is 21.3 Å². The van der Waals surface area contributed by atoms with Gasteiger partial charge in [-0.05, 0) is 25.3 Å². The summed E-state index contributed by atoms with van der Waals surface area (Å²) in [4.78, 5) is 16.0. The number of hydrogen-bond donors (Lipinski definition) is 2. The number of hydrogen-bond acceptors (Lipinski definition) is 6. The SMILES string of the molecule is CC(C)(CO)NC(=O)CCc1nc(-c2ccsc2)no1. The van der Waals surface area contributed by atoms with Crippen LogP contribution in [0.25, 0.3) is 11.4 Å². The van der Waals surface area contributed by atoms with E-state index in [4.69, 9.17) is 9.63 Å². The van der Waals surface area contributed by atoms with Crippen molar-refractivity contribution in [3.8, 4) is 11.4 Å². The van der Waals surface area contributed by atoms with Gasteiger partial charge in [0, 0.05) is 23.8 Å². The van der Waals surface area contributed by atoms with Gasteiger partial charge < -0.3 is 14.9 Å².